The van der Waals surface area contributed by atoms with E-state index in [2.05, 4.69) is 11.1 Å². The number of rotatable bonds is 7. The Labute approximate surface area is 249 Å². The van der Waals surface area contributed by atoms with Gasteiger partial charge in [0.25, 0.3) is 5.69 Å². The number of imide groups is 1. The molecule has 9 heteroatoms. The molecule has 9 nitrogen and oxygen atoms in total. The van der Waals surface area contributed by atoms with Crippen LogP contribution in [0.1, 0.15) is 48.6 Å². The lowest BCUT2D eigenvalue weighted by Gasteiger charge is -2.30. The Bertz CT molecular complexity index is 1670. The summed E-state index contributed by atoms with van der Waals surface area (Å²) < 4.78 is 6.33. The first-order valence-electron chi connectivity index (χ1n) is 14.5. The van der Waals surface area contributed by atoms with Gasteiger partial charge in [0.15, 0.2) is 0 Å². The van der Waals surface area contributed by atoms with Crippen LogP contribution in [0.4, 0.5) is 11.4 Å². The number of hydrogen-bond acceptors (Lipinski definition) is 7. The van der Waals surface area contributed by atoms with Crippen molar-refractivity contribution in [1.82, 2.24) is 4.98 Å². The molecule has 3 aromatic rings. The molecule has 3 aliphatic rings. The van der Waals surface area contributed by atoms with Gasteiger partial charge in [-0.3, -0.25) is 24.7 Å². The number of ether oxygens (including phenoxy) is 1. The molecule has 0 unspecified atom stereocenters. The number of fused-ring (bicyclic) bond motifs is 3. The van der Waals surface area contributed by atoms with Crippen LogP contribution in [0.15, 0.2) is 71.9 Å². The third-order valence-electron chi connectivity index (χ3n) is 8.98. The number of pyridine rings is 1. The zero-order valence-electron chi connectivity index (χ0n) is 24.3. The highest BCUT2D eigenvalue weighted by atomic mass is 16.6. The van der Waals surface area contributed by atoms with Gasteiger partial charge in [0.05, 0.1) is 40.9 Å². The molecule has 2 aliphatic heterocycles. The zero-order chi connectivity index (χ0) is 30.4. The highest BCUT2D eigenvalue weighted by Gasteiger charge is 2.57. The number of carbonyl (C=O) groups is 2. The normalized spacial score (nSPS) is 23.5. The fourth-order valence-electron chi connectivity index (χ4n) is 7.02. The van der Waals surface area contributed by atoms with Gasteiger partial charge in [-0.1, -0.05) is 17.7 Å². The number of hydrogen-bond donors (Lipinski definition) is 1. The number of carbonyl (C=O) groups excluding carboxylic acids is 2. The lowest BCUT2D eigenvalue weighted by molar-refractivity contribution is -0.384. The summed E-state index contributed by atoms with van der Waals surface area (Å²) in [6.07, 6.45) is 5.48. The standard InChI is InChI=1S/C34H33N3O6/c1-19-15-26-31(34(40)36(33(26)39)24-7-6-8-25(17-24)37(41)42)27-18-43-29(30(19)27)11-10-23(28-9-4-5-12-35-28)16-22-13-20(2)32(38)21(3)14-22/h4-9,12-14,16-17,26-27,29,31,38H,10-11,15,18H2,1-3H3/b23-16-/t26-,27+,29-,31-/m1/s1. The van der Waals surface area contributed by atoms with Gasteiger partial charge in [-0.2, -0.15) is 0 Å². The number of anilines is 1. The molecule has 0 radical (unpaired) electrons. The summed E-state index contributed by atoms with van der Waals surface area (Å²) in [4.78, 5) is 43.8. The molecule has 0 bridgehead atoms. The summed E-state index contributed by atoms with van der Waals surface area (Å²) in [6.45, 7) is 6.13. The van der Waals surface area contributed by atoms with E-state index in [0.29, 0.717) is 31.6 Å². The lowest BCUT2D eigenvalue weighted by Crippen LogP contribution is -2.34. The molecule has 3 heterocycles. The predicted octanol–water partition coefficient (Wildman–Crippen LogP) is 6.17. The van der Waals surface area contributed by atoms with Crippen LogP contribution in [-0.4, -0.2) is 39.5 Å². The van der Waals surface area contributed by atoms with Gasteiger partial charge in [-0.15, -0.1) is 0 Å². The van der Waals surface area contributed by atoms with Gasteiger partial charge >= 0.3 is 0 Å². The second kappa shape index (κ2) is 11.2. The third kappa shape index (κ3) is 5.14. The second-order valence-corrected chi connectivity index (χ2v) is 11.7. The number of phenols is 1. The molecule has 2 saturated heterocycles. The molecule has 1 N–H and O–H groups in total. The highest BCUT2D eigenvalue weighted by Crippen LogP contribution is 2.50. The van der Waals surface area contributed by atoms with E-state index in [4.69, 9.17) is 4.74 Å². The van der Waals surface area contributed by atoms with Crippen molar-refractivity contribution in [2.45, 2.75) is 46.1 Å². The number of aromatic hydroxyl groups is 1. The van der Waals surface area contributed by atoms with Crippen molar-refractivity contribution in [3.8, 4) is 5.75 Å². The molecule has 1 aromatic heterocycles. The number of aromatic nitrogens is 1. The first-order valence-corrected chi connectivity index (χ1v) is 14.5. The molecule has 0 spiro atoms. The van der Waals surface area contributed by atoms with Crippen LogP contribution < -0.4 is 4.90 Å². The molecular weight excluding hydrogens is 546 g/mol. The van der Waals surface area contributed by atoms with E-state index >= 15 is 0 Å². The maximum absolute atomic E-state index is 13.7. The number of nitrogens with zero attached hydrogens (tertiary/aromatic N) is 3. The SMILES string of the molecule is CC1=C2[C@@H](CC/C(=C/c3cc(C)c(O)c(C)c3)c3ccccn3)OC[C@@H]2[C@@H]2C(=O)N(c3cccc([N+](=O)[O-])c3)C(=O)[C@@H]2C1. The second-order valence-electron chi connectivity index (χ2n) is 11.7. The van der Waals surface area contributed by atoms with E-state index in [1.54, 1.807) is 12.3 Å². The van der Waals surface area contributed by atoms with Crippen LogP contribution in [0.5, 0.6) is 5.75 Å². The minimum atomic E-state index is -0.552. The molecule has 43 heavy (non-hydrogen) atoms. The topological polar surface area (TPSA) is 123 Å². The van der Waals surface area contributed by atoms with Gasteiger partial charge in [-0.05, 0) is 104 Å². The quantitative estimate of drug-likeness (QED) is 0.154. The number of aryl methyl sites for hydroxylation is 2. The van der Waals surface area contributed by atoms with Crippen LogP contribution in [0.3, 0.4) is 0 Å². The summed E-state index contributed by atoms with van der Waals surface area (Å²) in [5.74, 6) is -1.60. The number of phenolic OH excluding ortho intramolecular Hbond substituents is 1. The Balaban J connectivity index is 1.25. The summed E-state index contributed by atoms with van der Waals surface area (Å²) in [6, 6.07) is 15.4. The molecule has 2 fully saturated rings. The number of benzene rings is 2. The maximum atomic E-state index is 13.7. The van der Waals surface area contributed by atoms with E-state index in [9.17, 15) is 24.8 Å². The summed E-state index contributed by atoms with van der Waals surface area (Å²) >= 11 is 0. The Morgan fingerprint density at radius 1 is 1.07 bits per heavy atom. The predicted molar refractivity (Wildman–Crippen MR) is 162 cm³/mol. The van der Waals surface area contributed by atoms with Crippen LogP contribution in [0, 0.1) is 41.7 Å². The summed E-state index contributed by atoms with van der Waals surface area (Å²) in [5, 5.41) is 21.6. The monoisotopic (exact) mass is 579 g/mol. The fraction of sp³-hybridized carbons (Fsp3) is 0.324. The molecular formula is C34H33N3O6. The largest absolute Gasteiger partial charge is 0.507 e. The van der Waals surface area contributed by atoms with E-state index in [-0.39, 0.29) is 35.2 Å². The Morgan fingerprint density at radius 3 is 2.53 bits per heavy atom. The van der Waals surface area contributed by atoms with Crippen molar-refractivity contribution in [1.29, 1.82) is 0 Å². The van der Waals surface area contributed by atoms with E-state index in [0.717, 1.165) is 44.0 Å². The van der Waals surface area contributed by atoms with Gasteiger partial charge in [-0.25, -0.2) is 4.90 Å². The number of amides is 2. The van der Waals surface area contributed by atoms with E-state index < -0.39 is 16.8 Å². The number of non-ortho nitro benzene ring substituents is 1. The molecule has 4 atom stereocenters. The maximum Gasteiger partial charge on any atom is 0.271 e. The van der Waals surface area contributed by atoms with Crippen molar-refractivity contribution in [2.75, 3.05) is 11.5 Å². The van der Waals surface area contributed by atoms with Crippen LogP contribution >= 0.6 is 0 Å². The Hall–Kier alpha value is -4.63. The van der Waals surface area contributed by atoms with Crippen LogP contribution in [0.2, 0.25) is 0 Å². The summed E-state index contributed by atoms with van der Waals surface area (Å²) in [7, 11) is 0. The first-order chi connectivity index (χ1) is 20.6. The fourth-order valence-corrected chi connectivity index (χ4v) is 7.02. The third-order valence-corrected chi connectivity index (χ3v) is 8.98. The molecule has 220 valence electrons. The minimum Gasteiger partial charge on any atom is -0.507 e. The van der Waals surface area contributed by atoms with Crippen LogP contribution in [0.25, 0.3) is 11.6 Å². The Morgan fingerprint density at radius 2 is 1.84 bits per heavy atom. The molecule has 0 saturated carbocycles. The average Bonchev–Trinajstić information content (AvgIpc) is 3.52. The molecule has 2 amide bonds. The van der Waals surface area contributed by atoms with Crippen molar-refractivity contribution >= 4 is 34.8 Å². The number of allylic oxidation sites excluding steroid dienone is 2. The summed E-state index contributed by atoms with van der Waals surface area (Å²) in [5.41, 5.74) is 6.73. The van der Waals surface area contributed by atoms with Gasteiger partial charge in [0.2, 0.25) is 11.8 Å². The lowest BCUT2D eigenvalue weighted by atomic mass is 9.70. The van der Waals surface area contributed by atoms with Gasteiger partial charge < -0.3 is 9.84 Å². The van der Waals surface area contributed by atoms with Crippen LogP contribution in [-0.2, 0) is 14.3 Å². The average molecular weight is 580 g/mol. The minimum absolute atomic E-state index is 0.165. The van der Waals surface area contributed by atoms with Crippen molar-refractivity contribution in [2.24, 2.45) is 17.8 Å². The highest BCUT2D eigenvalue weighted by molar-refractivity contribution is 6.22. The van der Waals surface area contributed by atoms with Gasteiger partial charge in [0, 0.05) is 24.2 Å². The van der Waals surface area contributed by atoms with E-state index in [1.165, 1.54) is 18.2 Å². The Kier molecular flexibility index (Phi) is 7.43. The van der Waals surface area contributed by atoms with Gasteiger partial charge in [0.1, 0.15) is 5.75 Å². The molecule has 6 rings (SSSR count). The number of nitro groups is 1. The van der Waals surface area contributed by atoms with Crippen molar-refractivity contribution in [3.63, 3.8) is 0 Å². The van der Waals surface area contributed by atoms with Crippen molar-refractivity contribution in [3.05, 3.63) is 104 Å². The number of nitro benzene ring substituents is 1. The first kappa shape index (κ1) is 28.5. The van der Waals surface area contributed by atoms with E-state index in [1.807, 2.05) is 51.1 Å². The zero-order valence-corrected chi connectivity index (χ0v) is 24.3. The smallest absolute Gasteiger partial charge is 0.271 e. The van der Waals surface area contributed by atoms with Crippen molar-refractivity contribution < 1.29 is 24.4 Å². The molecule has 1 aliphatic carbocycles. The molecule has 2 aromatic carbocycles.